The van der Waals surface area contributed by atoms with Gasteiger partial charge in [-0.05, 0) is 39.2 Å². The van der Waals surface area contributed by atoms with Crippen LogP contribution in [0.2, 0.25) is 0 Å². The molecule has 0 bridgehead atoms. The van der Waals surface area contributed by atoms with Gasteiger partial charge in [0.1, 0.15) is 11.7 Å². The van der Waals surface area contributed by atoms with E-state index in [1.807, 2.05) is 39.0 Å². The summed E-state index contributed by atoms with van der Waals surface area (Å²) in [5.74, 6) is -0.859. The first kappa shape index (κ1) is 22.5. The lowest BCUT2D eigenvalue weighted by atomic mass is 10.1. The lowest BCUT2D eigenvalue weighted by Gasteiger charge is -2.20. The van der Waals surface area contributed by atoms with E-state index in [1.165, 1.54) is 6.07 Å². The maximum atomic E-state index is 13.1. The minimum atomic E-state index is -0.698. The van der Waals surface area contributed by atoms with Gasteiger partial charge in [0.05, 0.1) is 0 Å². The molecule has 0 aliphatic carbocycles. The third-order valence-corrected chi connectivity index (χ3v) is 5.51. The second-order valence-corrected chi connectivity index (χ2v) is 8.22. The largest absolute Gasteiger partial charge is 0.352 e. The Labute approximate surface area is 183 Å². The van der Waals surface area contributed by atoms with Crippen LogP contribution in [0.4, 0.5) is 0 Å². The topological polar surface area (TPSA) is 96.3 Å². The van der Waals surface area contributed by atoms with Gasteiger partial charge in [-0.25, -0.2) is 0 Å². The number of hydrogen-bond donors (Lipinski definition) is 2. The molecular weight excluding hydrogens is 394 g/mol. The number of hydrogen-bond acceptors (Lipinski definition) is 4. The number of nitrogens with one attached hydrogen (secondary N) is 2. The second-order valence-electron chi connectivity index (χ2n) is 8.22. The van der Waals surface area contributed by atoms with Gasteiger partial charge in [0.2, 0.25) is 5.91 Å². The molecule has 2 heterocycles. The Kier molecular flexibility index (Phi) is 7.09. The minimum Gasteiger partial charge on any atom is -0.352 e. The van der Waals surface area contributed by atoms with E-state index in [2.05, 4.69) is 21.8 Å². The van der Waals surface area contributed by atoms with Gasteiger partial charge in [-0.3, -0.25) is 19.1 Å². The normalized spacial score (nSPS) is 15.6. The number of benzene rings is 1. The molecule has 0 spiro atoms. The summed E-state index contributed by atoms with van der Waals surface area (Å²) < 4.78 is 1.59. The van der Waals surface area contributed by atoms with Crippen molar-refractivity contribution in [3.63, 3.8) is 0 Å². The van der Waals surface area contributed by atoms with Crippen molar-refractivity contribution in [1.29, 1.82) is 0 Å². The molecule has 1 aromatic carbocycles. The maximum absolute atomic E-state index is 13.1. The molecule has 3 amide bonds. The highest BCUT2D eigenvalue weighted by molar-refractivity contribution is 5.99. The van der Waals surface area contributed by atoms with Crippen LogP contribution in [0.15, 0.2) is 30.3 Å². The number of aryl methyl sites for hydroxylation is 2. The molecule has 166 valence electrons. The number of carbonyl (C=O) groups excluding carboxylic acids is 3. The highest BCUT2D eigenvalue weighted by Gasteiger charge is 2.27. The van der Waals surface area contributed by atoms with Crippen LogP contribution in [-0.4, -0.2) is 51.0 Å². The number of carbonyl (C=O) groups is 3. The molecule has 8 heteroatoms. The molecule has 0 saturated carbocycles. The van der Waals surface area contributed by atoms with E-state index in [-0.39, 0.29) is 23.6 Å². The monoisotopic (exact) mass is 425 g/mol. The third-order valence-electron chi connectivity index (χ3n) is 5.51. The molecule has 1 aliphatic rings. The van der Waals surface area contributed by atoms with E-state index in [4.69, 9.17) is 0 Å². The molecule has 0 saturated heterocycles. The molecular formula is C23H31N5O3. The summed E-state index contributed by atoms with van der Waals surface area (Å²) >= 11 is 0. The maximum Gasteiger partial charge on any atom is 0.272 e. The van der Waals surface area contributed by atoms with Gasteiger partial charge in [0, 0.05) is 31.7 Å². The number of amides is 3. The van der Waals surface area contributed by atoms with Crippen molar-refractivity contribution < 1.29 is 14.4 Å². The Hall–Kier alpha value is -3.16. The van der Waals surface area contributed by atoms with Crippen LogP contribution in [0.25, 0.3) is 0 Å². The second kappa shape index (κ2) is 9.76. The fourth-order valence-corrected chi connectivity index (χ4v) is 3.53. The molecule has 2 atom stereocenters. The summed E-state index contributed by atoms with van der Waals surface area (Å²) in [6, 6.07) is 8.94. The Morgan fingerprint density at radius 2 is 1.94 bits per heavy atom. The van der Waals surface area contributed by atoms with Crippen LogP contribution in [0.3, 0.4) is 0 Å². The van der Waals surface area contributed by atoms with Crippen LogP contribution in [0.5, 0.6) is 0 Å². The van der Waals surface area contributed by atoms with Crippen molar-refractivity contribution in [2.45, 2.75) is 65.7 Å². The van der Waals surface area contributed by atoms with Crippen molar-refractivity contribution in [1.82, 2.24) is 25.3 Å². The van der Waals surface area contributed by atoms with Crippen LogP contribution < -0.4 is 10.6 Å². The van der Waals surface area contributed by atoms with Crippen molar-refractivity contribution in [2.75, 3.05) is 6.54 Å². The van der Waals surface area contributed by atoms with Crippen LogP contribution in [0.1, 0.15) is 65.7 Å². The summed E-state index contributed by atoms with van der Waals surface area (Å²) in [5.41, 5.74) is 2.76. The van der Waals surface area contributed by atoms with Crippen LogP contribution in [-0.2, 0) is 17.9 Å². The molecule has 3 rings (SSSR count). The van der Waals surface area contributed by atoms with Gasteiger partial charge in [0.15, 0.2) is 5.69 Å². The Balaban J connectivity index is 1.70. The summed E-state index contributed by atoms with van der Waals surface area (Å²) in [6.45, 7) is 9.25. The first-order chi connectivity index (χ1) is 14.8. The molecule has 2 aromatic rings. The van der Waals surface area contributed by atoms with Crippen molar-refractivity contribution >= 4 is 17.7 Å². The van der Waals surface area contributed by atoms with Crippen molar-refractivity contribution in [3.05, 3.63) is 52.8 Å². The van der Waals surface area contributed by atoms with Gasteiger partial charge < -0.3 is 15.5 Å². The van der Waals surface area contributed by atoms with Gasteiger partial charge in [0.25, 0.3) is 11.8 Å². The number of fused-ring (bicyclic) bond motifs is 1. The van der Waals surface area contributed by atoms with Gasteiger partial charge >= 0.3 is 0 Å². The molecule has 2 N–H and O–H groups in total. The predicted molar refractivity (Wildman–Crippen MR) is 118 cm³/mol. The van der Waals surface area contributed by atoms with Crippen molar-refractivity contribution in [2.24, 2.45) is 0 Å². The standard InChI is InChI=1S/C23H31N5O3/c1-5-16(3)24-21(29)17(4)25-22(30)19-13-20-23(31)27(10-7-11-28(20)26-19)14-18-9-6-8-15(2)12-18/h6,8-9,12-13,16-17H,5,7,10-11,14H2,1-4H3,(H,24,29)(H,25,30). The molecule has 2 unspecified atom stereocenters. The Bertz CT molecular complexity index is 968. The predicted octanol–water partition coefficient (Wildman–Crippen LogP) is 2.27. The van der Waals surface area contributed by atoms with E-state index in [1.54, 1.807) is 16.5 Å². The molecule has 31 heavy (non-hydrogen) atoms. The first-order valence-electron chi connectivity index (χ1n) is 10.8. The zero-order valence-electron chi connectivity index (χ0n) is 18.6. The van der Waals surface area contributed by atoms with E-state index >= 15 is 0 Å². The highest BCUT2D eigenvalue weighted by Crippen LogP contribution is 2.17. The van der Waals surface area contributed by atoms with E-state index in [0.717, 1.165) is 24.0 Å². The minimum absolute atomic E-state index is 0.0347. The SMILES string of the molecule is CCC(C)NC(=O)C(C)NC(=O)c1cc2n(n1)CCCN(Cc1cccc(C)c1)C2=O. The average molecular weight is 426 g/mol. The van der Waals surface area contributed by atoms with Gasteiger partial charge in [-0.2, -0.15) is 5.10 Å². The zero-order chi connectivity index (χ0) is 22.5. The summed E-state index contributed by atoms with van der Waals surface area (Å²) in [5, 5.41) is 9.85. The summed E-state index contributed by atoms with van der Waals surface area (Å²) in [7, 11) is 0. The fourth-order valence-electron chi connectivity index (χ4n) is 3.53. The Morgan fingerprint density at radius 1 is 1.16 bits per heavy atom. The molecule has 0 fully saturated rings. The van der Waals surface area contributed by atoms with Crippen LogP contribution in [0, 0.1) is 6.92 Å². The molecule has 8 nitrogen and oxygen atoms in total. The number of nitrogens with zero attached hydrogens (tertiary/aromatic N) is 3. The summed E-state index contributed by atoms with van der Waals surface area (Å²) in [4.78, 5) is 39.7. The van der Waals surface area contributed by atoms with Gasteiger partial charge in [-0.15, -0.1) is 0 Å². The highest BCUT2D eigenvalue weighted by atomic mass is 16.2. The lowest BCUT2D eigenvalue weighted by molar-refractivity contribution is -0.123. The van der Waals surface area contributed by atoms with E-state index in [0.29, 0.717) is 25.3 Å². The number of aromatic nitrogens is 2. The van der Waals surface area contributed by atoms with Gasteiger partial charge in [-0.1, -0.05) is 36.8 Å². The average Bonchev–Trinajstić information content (AvgIpc) is 3.11. The first-order valence-corrected chi connectivity index (χ1v) is 10.8. The zero-order valence-corrected chi connectivity index (χ0v) is 18.6. The summed E-state index contributed by atoms with van der Waals surface area (Å²) in [6.07, 6.45) is 1.56. The molecule has 0 radical (unpaired) electrons. The fraction of sp³-hybridized carbons (Fsp3) is 0.478. The quantitative estimate of drug-likeness (QED) is 0.711. The smallest absolute Gasteiger partial charge is 0.272 e. The Morgan fingerprint density at radius 3 is 2.65 bits per heavy atom. The molecule has 1 aromatic heterocycles. The lowest BCUT2D eigenvalue weighted by Crippen LogP contribution is -2.47. The van der Waals surface area contributed by atoms with Crippen molar-refractivity contribution in [3.8, 4) is 0 Å². The van der Waals surface area contributed by atoms with E-state index < -0.39 is 11.9 Å². The van der Waals surface area contributed by atoms with E-state index in [9.17, 15) is 14.4 Å². The third kappa shape index (κ3) is 5.51. The van der Waals surface area contributed by atoms with Crippen LogP contribution >= 0.6 is 0 Å². The molecule has 1 aliphatic heterocycles. The number of rotatable bonds is 7.